The van der Waals surface area contributed by atoms with E-state index >= 15 is 0 Å². The van der Waals surface area contributed by atoms with E-state index < -0.39 is 11.9 Å². The van der Waals surface area contributed by atoms with Crippen molar-refractivity contribution >= 4 is 5.91 Å². The molecule has 1 fully saturated rings. The van der Waals surface area contributed by atoms with Gasteiger partial charge >= 0.3 is 6.18 Å². The van der Waals surface area contributed by atoms with Crippen LogP contribution in [0.2, 0.25) is 0 Å². The fourth-order valence-corrected chi connectivity index (χ4v) is 2.74. The Kier molecular flexibility index (Phi) is 4.02. The first-order chi connectivity index (χ1) is 11.3. The molecule has 0 aromatic carbocycles. The number of carbonyl (C=O) groups excluding carboxylic acids is 1. The number of halogens is 3. The second-order valence-corrected chi connectivity index (χ2v) is 5.74. The summed E-state index contributed by atoms with van der Waals surface area (Å²) in [6.07, 6.45) is -3.86. The van der Waals surface area contributed by atoms with Crippen molar-refractivity contribution in [1.29, 1.82) is 0 Å². The van der Waals surface area contributed by atoms with E-state index in [0.29, 0.717) is 31.2 Å². The van der Waals surface area contributed by atoms with Gasteiger partial charge in [0.2, 0.25) is 5.89 Å². The highest BCUT2D eigenvalue weighted by atomic mass is 19.4. The van der Waals surface area contributed by atoms with E-state index in [-0.39, 0.29) is 23.1 Å². The van der Waals surface area contributed by atoms with E-state index in [4.69, 9.17) is 4.52 Å². The predicted molar refractivity (Wildman–Crippen MR) is 76.3 cm³/mol. The van der Waals surface area contributed by atoms with Gasteiger partial charge in [-0.25, -0.2) is 4.98 Å². The largest absolute Gasteiger partial charge is 0.433 e. The molecule has 128 valence electrons. The van der Waals surface area contributed by atoms with Crippen LogP contribution in [0, 0.1) is 13.8 Å². The molecule has 0 radical (unpaired) electrons. The molecular formula is C15H15F3N4O2. The van der Waals surface area contributed by atoms with Gasteiger partial charge in [-0.15, -0.1) is 0 Å². The lowest BCUT2D eigenvalue weighted by Crippen LogP contribution is -2.29. The van der Waals surface area contributed by atoms with Crippen LogP contribution < -0.4 is 0 Å². The molecule has 0 bridgehead atoms. The Morgan fingerprint density at radius 2 is 2.04 bits per heavy atom. The van der Waals surface area contributed by atoms with Crippen LogP contribution in [0.1, 0.15) is 45.8 Å². The molecule has 0 N–H and O–H groups in total. The Labute approximate surface area is 135 Å². The summed E-state index contributed by atoms with van der Waals surface area (Å²) in [4.78, 5) is 21.8. The average molecular weight is 340 g/mol. The number of alkyl halides is 3. The third-order valence-corrected chi connectivity index (χ3v) is 3.97. The lowest BCUT2D eigenvalue weighted by atomic mass is 10.1. The second kappa shape index (κ2) is 5.88. The minimum atomic E-state index is -4.53. The van der Waals surface area contributed by atoms with Crippen LogP contribution in [-0.4, -0.2) is 39.0 Å². The quantitative estimate of drug-likeness (QED) is 0.840. The van der Waals surface area contributed by atoms with Crippen molar-refractivity contribution in [3.05, 3.63) is 40.8 Å². The third-order valence-electron chi connectivity index (χ3n) is 3.97. The van der Waals surface area contributed by atoms with Crippen LogP contribution in [0.3, 0.4) is 0 Å². The topological polar surface area (TPSA) is 72.1 Å². The number of rotatable bonds is 2. The molecule has 2 aromatic heterocycles. The number of hydrogen-bond donors (Lipinski definition) is 0. The zero-order valence-corrected chi connectivity index (χ0v) is 13.1. The lowest BCUT2D eigenvalue weighted by Gasteiger charge is -2.17. The monoisotopic (exact) mass is 340 g/mol. The highest BCUT2D eigenvalue weighted by Gasteiger charge is 2.35. The van der Waals surface area contributed by atoms with Crippen molar-refractivity contribution in [2.75, 3.05) is 13.1 Å². The van der Waals surface area contributed by atoms with E-state index in [0.717, 1.165) is 6.07 Å². The Morgan fingerprint density at radius 1 is 1.29 bits per heavy atom. The zero-order valence-electron chi connectivity index (χ0n) is 13.1. The van der Waals surface area contributed by atoms with E-state index in [9.17, 15) is 18.0 Å². The summed E-state index contributed by atoms with van der Waals surface area (Å²) in [6.45, 7) is 3.98. The smallest absolute Gasteiger partial charge is 0.339 e. The van der Waals surface area contributed by atoms with E-state index in [2.05, 4.69) is 15.1 Å². The minimum absolute atomic E-state index is 0.0575. The minimum Gasteiger partial charge on any atom is -0.339 e. The Morgan fingerprint density at radius 3 is 2.62 bits per heavy atom. The average Bonchev–Trinajstić information content (AvgIpc) is 3.14. The first-order valence-electron chi connectivity index (χ1n) is 7.40. The fraction of sp³-hybridized carbons (Fsp3) is 0.467. The molecule has 0 aliphatic carbocycles. The van der Waals surface area contributed by atoms with Crippen LogP contribution in [0.5, 0.6) is 0 Å². The molecule has 1 atom stereocenters. The van der Waals surface area contributed by atoms with Gasteiger partial charge in [0.25, 0.3) is 5.91 Å². The van der Waals surface area contributed by atoms with Gasteiger partial charge < -0.3 is 9.42 Å². The molecule has 6 nitrogen and oxygen atoms in total. The maximum absolute atomic E-state index is 12.7. The van der Waals surface area contributed by atoms with Gasteiger partial charge in [0, 0.05) is 13.1 Å². The number of carbonyl (C=O) groups is 1. The van der Waals surface area contributed by atoms with Crippen molar-refractivity contribution in [1.82, 2.24) is 20.0 Å². The van der Waals surface area contributed by atoms with Crippen LogP contribution in [0.4, 0.5) is 13.2 Å². The SMILES string of the molecule is Cc1noc([C@H]2CCN(C(=O)c3ccc(C(F)(F)F)nc3C)C2)n1. The fourth-order valence-electron chi connectivity index (χ4n) is 2.74. The van der Waals surface area contributed by atoms with Crippen molar-refractivity contribution < 1.29 is 22.5 Å². The number of pyridine rings is 1. The van der Waals surface area contributed by atoms with Crippen LogP contribution in [-0.2, 0) is 6.18 Å². The van der Waals surface area contributed by atoms with Gasteiger partial charge in [-0.2, -0.15) is 18.2 Å². The van der Waals surface area contributed by atoms with E-state index in [1.54, 1.807) is 11.8 Å². The van der Waals surface area contributed by atoms with Gasteiger partial charge in [-0.3, -0.25) is 4.79 Å². The van der Waals surface area contributed by atoms with Crippen molar-refractivity contribution in [2.45, 2.75) is 32.4 Å². The summed E-state index contributed by atoms with van der Waals surface area (Å²) in [5.74, 6) is 0.605. The lowest BCUT2D eigenvalue weighted by molar-refractivity contribution is -0.141. The Balaban J connectivity index is 1.76. The van der Waals surface area contributed by atoms with Gasteiger partial charge in [0.15, 0.2) is 5.82 Å². The Bertz CT molecular complexity index is 772. The molecule has 1 aliphatic rings. The molecule has 9 heteroatoms. The highest BCUT2D eigenvalue weighted by molar-refractivity contribution is 5.95. The van der Waals surface area contributed by atoms with Crippen molar-refractivity contribution in [3.63, 3.8) is 0 Å². The normalized spacial score (nSPS) is 18.2. The van der Waals surface area contributed by atoms with Crippen LogP contribution >= 0.6 is 0 Å². The highest BCUT2D eigenvalue weighted by Crippen LogP contribution is 2.30. The maximum Gasteiger partial charge on any atom is 0.433 e. The maximum atomic E-state index is 12.7. The number of likely N-dealkylation sites (tertiary alicyclic amines) is 1. The standard InChI is InChI=1S/C15H15F3N4O2/c1-8-11(3-4-12(19-8)15(16,17)18)14(23)22-6-5-10(7-22)13-20-9(2)21-24-13/h3-4,10H,5-7H2,1-2H3/t10-/m0/s1. The number of hydrogen-bond acceptors (Lipinski definition) is 5. The number of aryl methyl sites for hydroxylation is 2. The van der Waals surface area contributed by atoms with Crippen molar-refractivity contribution in [2.24, 2.45) is 0 Å². The van der Waals surface area contributed by atoms with E-state index in [1.807, 2.05) is 0 Å². The molecule has 1 aliphatic heterocycles. The third kappa shape index (κ3) is 3.10. The number of aromatic nitrogens is 3. The summed E-state index contributed by atoms with van der Waals surface area (Å²) in [7, 11) is 0. The molecule has 1 amide bonds. The molecule has 0 spiro atoms. The molecule has 3 heterocycles. The summed E-state index contributed by atoms with van der Waals surface area (Å²) in [6, 6.07) is 2.01. The first kappa shape index (κ1) is 16.4. The van der Waals surface area contributed by atoms with Gasteiger partial charge in [-0.05, 0) is 32.4 Å². The molecule has 3 rings (SSSR count). The molecule has 0 saturated carbocycles. The van der Waals surface area contributed by atoms with Crippen molar-refractivity contribution in [3.8, 4) is 0 Å². The molecule has 24 heavy (non-hydrogen) atoms. The molecule has 0 unspecified atom stereocenters. The first-order valence-corrected chi connectivity index (χ1v) is 7.40. The molecule has 2 aromatic rings. The number of amides is 1. The van der Waals surface area contributed by atoms with E-state index in [1.165, 1.54) is 13.0 Å². The predicted octanol–water partition coefficient (Wildman–Crippen LogP) is 2.73. The zero-order chi connectivity index (χ0) is 17.5. The molecule has 1 saturated heterocycles. The summed E-state index contributed by atoms with van der Waals surface area (Å²) in [5, 5.41) is 3.73. The number of nitrogens with zero attached hydrogens (tertiary/aromatic N) is 4. The van der Waals surface area contributed by atoms with Crippen LogP contribution in [0.25, 0.3) is 0 Å². The summed E-state index contributed by atoms with van der Waals surface area (Å²) < 4.78 is 43.1. The van der Waals surface area contributed by atoms with Crippen LogP contribution in [0.15, 0.2) is 16.7 Å². The van der Waals surface area contributed by atoms with Gasteiger partial charge in [0.05, 0.1) is 17.2 Å². The Hall–Kier alpha value is -2.45. The molecular weight excluding hydrogens is 325 g/mol. The van der Waals surface area contributed by atoms with Gasteiger partial charge in [-0.1, -0.05) is 5.16 Å². The second-order valence-electron chi connectivity index (χ2n) is 5.74. The summed E-state index contributed by atoms with van der Waals surface area (Å²) >= 11 is 0. The van der Waals surface area contributed by atoms with Gasteiger partial charge in [0.1, 0.15) is 5.69 Å². The summed E-state index contributed by atoms with van der Waals surface area (Å²) in [5.41, 5.74) is -0.769.